The minimum Gasteiger partial charge on any atom is -0.274 e. The summed E-state index contributed by atoms with van der Waals surface area (Å²) in [5.74, 6) is 0.0164. The summed E-state index contributed by atoms with van der Waals surface area (Å²) in [6, 6.07) is 6.03. The molecule has 4 rings (SSSR count). The van der Waals surface area contributed by atoms with Crippen molar-refractivity contribution in [2.75, 3.05) is 4.90 Å². The smallest absolute Gasteiger partial charge is 0.238 e. The van der Waals surface area contributed by atoms with Gasteiger partial charge in [-0.25, -0.2) is 4.90 Å². The summed E-state index contributed by atoms with van der Waals surface area (Å²) in [5.41, 5.74) is 5.44. The Bertz CT molecular complexity index is 808. The van der Waals surface area contributed by atoms with Gasteiger partial charge in [-0.1, -0.05) is 55.3 Å². The molecule has 1 saturated carbocycles. The number of allylic oxidation sites excluding steroid dienone is 4. The van der Waals surface area contributed by atoms with Gasteiger partial charge in [0.05, 0.1) is 17.5 Å². The molecule has 130 valence electrons. The fourth-order valence-electron chi connectivity index (χ4n) is 5.10. The number of fused-ring (bicyclic) bond motifs is 5. The molecule has 1 aromatic carbocycles. The van der Waals surface area contributed by atoms with Crippen molar-refractivity contribution in [3.05, 3.63) is 52.6 Å². The van der Waals surface area contributed by atoms with E-state index in [0.29, 0.717) is 0 Å². The van der Waals surface area contributed by atoms with E-state index in [1.54, 1.807) is 0 Å². The van der Waals surface area contributed by atoms with Crippen LogP contribution in [0.4, 0.5) is 5.69 Å². The minimum atomic E-state index is -0.216. The molecule has 3 heteroatoms. The highest BCUT2D eigenvalue weighted by molar-refractivity contribution is 6.24. The number of carbonyl (C=O) groups excluding carboxylic acids is 2. The lowest BCUT2D eigenvalue weighted by Crippen LogP contribution is -2.34. The van der Waals surface area contributed by atoms with Gasteiger partial charge in [0.1, 0.15) is 0 Å². The van der Waals surface area contributed by atoms with Crippen LogP contribution in [0.1, 0.15) is 44.7 Å². The van der Waals surface area contributed by atoms with Crippen molar-refractivity contribution < 1.29 is 9.59 Å². The molecule has 3 aliphatic rings. The largest absolute Gasteiger partial charge is 0.274 e. The summed E-state index contributed by atoms with van der Waals surface area (Å²) in [7, 11) is 0. The van der Waals surface area contributed by atoms with E-state index in [9.17, 15) is 9.59 Å². The van der Waals surface area contributed by atoms with Crippen LogP contribution in [0.5, 0.6) is 0 Å². The second-order valence-corrected chi connectivity index (χ2v) is 8.12. The molecular formula is C22H25NO2. The Morgan fingerprint density at radius 3 is 2.04 bits per heavy atom. The monoisotopic (exact) mass is 335 g/mol. The Labute approximate surface area is 149 Å². The van der Waals surface area contributed by atoms with Crippen LogP contribution in [0.3, 0.4) is 0 Å². The van der Waals surface area contributed by atoms with Crippen molar-refractivity contribution in [3.8, 4) is 0 Å². The van der Waals surface area contributed by atoms with Crippen LogP contribution < -0.4 is 4.90 Å². The highest BCUT2D eigenvalue weighted by atomic mass is 16.2. The predicted molar refractivity (Wildman–Crippen MR) is 99.2 cm³/mol. The van der Waals surface area contributed by atoms with Crippen LogP contribution in [0.25, 0.3) is 0 Å². The number of hydrogen-bond acceptors (Lipinski definition) is 2. The fourth-order valence-corrected chi connectivity index (χ4v) is 5.10. The highest BCUT2D eigenvalue weighted by Crippen LogP contribution is 2.57. The molecule has 0 N–H and O–H groups in total. The van der Waals surface area contributed by atoms with Gasteiger partial charge < -0.3 is 0 Å². The van der Waals surface area contributed by atoms with Crippen LogP contribution >= 0.6 is 0 Å². The van der Waals surface area contributed by atoms with Crippen molar-refractivity contribution in [2.24, 2.45) is 23.7 Å². The van der Waals surface area contributed by atoms with Gasteiger partial charge in [-0.15, -0.1) is 0 Å². The minimum absolute atomic E-state index is 0.0122. The van der Waals surface area contributed by atoms with E-state index < -0.39 is 0 Å². The zero-order valence-electron chi connectivity index (χ0n) is 15.5. The Kier molecular flexibility index (Phi) is 3.54. The van der Waals surface area contributed by atoms with Gasteiger partial charge in [0.25, 0.3) is 0 Å². The van der Waals surface area contributed by atoms with Gasteiger partial charge in [0.15, 0.2) is 0 Å². The second-order valence-electron chi connectivity index (χ2n) is 8.12. The third-order valence-corrected chi connectivity index (χ3v) is 6.11. The van der Waals surface area contributed by atoms with Gasteiger partial charge >= 0.3 is 0 Å². The molecule has 1 heterocycles. The lowest BCUT2D eigenvalue weighted by molar-refractivity contribution is -0.123. The average Bonchev–Trinajstić information content (AvgIpc) is 3.18. The molecule has 0 unspecified atom stereocenters. The van der Waals surface area contributed by atoms with Gasteiger partial charge in [-0.3, -0.25) is 9.59 Å². The fraction of sp³-hybridized carbons (Fsp3) is 0.455. The number of hydrogen-bond donors (Lipinski definition) is 0. The quantitative estimate of drug-likeness (QED) is 0.594. The molecule has 3 nitrogen and oxygen atoms in total. The highest BCUT2D eigenvalue weighted by Gasteiger charge is 2.62. The number of amides is 2. The Balaban J connectivity index is 1.83. The molecule has 1 aromatic rings. The number of para-hydroxylation sites is 1. The van der Waals surface area contributed by atoms with Crippen LogP contribution in [0.15, 0.2) is 41.5 Å². The molecule has 4 atom stereocenters. The lowest BCUT2D eigenvalue weighted by atomic mass is 9.85. The first-order valence-electron chi connectivity index (χ1n) is 9.17. The Morgan fingerprint density at radius 1 is 1.00 bits per heavy atom. The van der Waals surface area contributed by atoms with E-state index in [4.69, 9.17) is 0 Å². The van der Waals surface area contributed by atoms with Crippen LogP contribution in [0, 0.1) is 30.6 Å². The van der Waals surface area contributed by atoms with Gasteiger partial charge in [0.2, 0.25) is 11.8 Å². The molecule has 2 amide bonds. The molecule has 0 spiro atoms. The zero-order chi connectivity index (χ0) is 18.0. The third-order valence-electron chi connectivity index (χ3n) is 6.11. The first-order valence-corrected chi connectivity index (χ1v) is 9.17. The van der Waals surface area contributed by atoms with Crippen molar-refractivity contribution in [2.45, 2.75) is 40.5 Å². The maximum absolute atomic E-state index is 13.3. The van der Waals surface area contributed by atoms with Crippen LogP contribution in [-0.4, -0.2) is 11.8 Å². The molecule has 2 fully saturated rings. The van der Waals surface area contributed by atoms with E-state index in [0.717, 1.165) is 16.8 Å². The number of aryl methyl sites for hydroxylation is 1. The normalized spacial score (nSPS) is 30.0. The number of rotatable bonds is 2. The predicted octanol–water partition coefficient (Wildman–Crippen LogP) is 4.38. The molecule has 2 bridgehead atoms. The number of carbonyl (C=O) groups is 2. The maximum Gasteiger partial charge on any atom is 0.238 e. The molecular weight excluding hydrogens is 310 g/mol. The lowest BCUT2D eigenvalue weighted by Gasteiger charge is -2.25. The molecule has 2 aliphatic carbocycles. The average molecular weight is 335 g/mol. The summed E-state index contributed by atoms with van der Waals surface area (Å²) in [4.78, 5) is 28.2. The number of anilines is 1. The van der Waals surface area contributed by atoms with E-state index in [-0.39, 0.29) is 41.4 Å². The van der Waals surface area contributed by atoms with Crippen LogP contribution in [-0.2, 0) is 9.59 Å². The van der Waals surface area contributed by atoms with Crippen molar-refractivity contribution in [1.82, 2.24) is 0 Å². The number of imide groups is 1. The first-order chi connectivity index (χ1) is 11.8. The van der Waals surface area contributed by atoms with Crippen molar-refractivity contribution >= 4 is 17.5 Å². The summed E-state index contributed by atoms with van der Waals surface area (Å²) < 4.78 is 0. The molecule has 1 aliphatic heterocycles. The molecule has 1 saturated heterocycles. The topological polar surface area (TPSA) is 37.4 Å². The Hall–Kier alpha value is -2.16. The Morgan fingerprint density at radius 2 is 1.56 bits per heavy atom. The second kappa shape index (κ2) is 5.42. The van der Waals surface area contributed by atoms with Crippen molar-refractivity contribution in [3.63, 3.8) is 0 Å². The first kappa shape index (κ1) is 16.3. The summed E-state index contributed by atoms with van der Waals surface area (Å²) >= 11 is 0. The van der Waals surface area contributed by atoms with E-state index >= 15 is 0 Å². The summed E-state index contributed by atoms with van der Waals surface area (Å²) in [6.45, 7) is 10.4. The van der Waals surface area contributed by atoms with E-state index in [1.807, 2.05) is 25.1 Å². The van der Waals surface area contributed by atoms with E-state index in [1.165, 1.54) is 16.0 Å². The van der Waals surface area contributed by atoms with Gasteiger partial charge in [0, 0.05) is 11.8 Å². The maximum atomic E-state index is 13.3. The number of benzene rings is 1. The van der Waals surface area contributed by atoms with Gasteiger partial charge in [-0.05, 0) is 37.8 Å². The molecule has 0 aromatic heterocycles. The van der Waals surface area contributed by atoms with Crippen molar-refractivity contribution in [1.29, 1.82) is 0 Å². The SMILES string of the molecule is CC(C)=C1[C@H]2C=C[C@@H]1[C@@H]1C(=O)N(c3c(C)cccc3C(C)C)C(=O)[C@H]12. The number of nitrogens with zero attached hydrogens (tertiary/aromatic N) is 1. The molecule has 0 radical (unpaired) electrons. The third kappa shape index (κ3) is 2.04. The summed E-state index contributed by atoms with van der Waals surface area (Å²) in [6.07, 6.45) is 4.29. The standard InChI is InChI=1S/C22H25NO2/c1-11(2)14-8-6-7-13(5)20(14)23-21(24)18-15-9-10-16(17(15)12(3)4)19(18)22(23)25/h6-11,15-16,18-19H,1-5H3/t15-,16+,18-,19-/m0/s1. The van der Waals surface area contributed by atoms with Crippen LogP contribution in [0.2, 0.25) is 0 Å². The zero-order valence-corrected chi connectivity index (χ0v) is 15.5. The van der Waals surface area contributed by atoms with E-state index in [2.05, 4.69) is 39.8 Å². The van der Waals surface area contributed by atoms with Gasteiger partial charge in [-0.2, -0.15) is 0 Å². The molecule has 25 heavy (non-hydrogen) atoms. The summed E-state index contributed by atoms with van der Waals surface area (Å²) in [5, 5.41) is 0.